The zero-order chi connectivity index (χ0) is 12.6. The zero-order valence-corrected chi connectivity index (χ0v) is 12.3. The second kappa shape index (κ2) is 5.04. The highest BCUT2D eigenvalue weighted by molar-refractivity contribution is 8.13. The molecule has 1 saturated carbocycles. The number of amidine groups is 1. The van der Waals surface area contributed by atoms with E-state index in [4.69, 9.17) is 9.73 Å². The summed E-state index contributed by atoms with van der Waals surface area (Å²) in [5.74, 6) is 2.08. The Balaban J connectivity index is 1.68. The monoisotopic (exact) mass is 268 g/mol. The van der Waals surface area contributed by atoms with Crippen LogP contribution in [-0.4, -0.2) is 35.2 Å². The van der Waals surface area contributed by atoms with E-state index < -0.39 is 0 Å². The lowest BCUT2D eigenvalue weighted by Gasteiger charge is -2.36. The lowest BCUT2D eigenvalue weighted by Crippen LogP contribution is -2.51. The third-order valence-corrected chi connectivity index (χ3v) is 5.94. The van der Waals surface area contributed by atoms with Crippen molar-refractivity contribution in [2.75, 3.05) is 12.4 Å². The van der Waals surface area contributed by atoms with Gasteiger partial charge >= 0.3 is 0 Å². The number of aliphatic imine (C=N–C) groups is 1. The normalized spacial score (nSPS) is 44.3. The average molecular weight is 268 g/mol. The van der Waals surface area contributed by atoms with Gasteiger partial charge < -0.3 is 10.1 Å². The highest BCUT2D eigenvalue weighted by atomic mass is 32.2. The van der Waals surface area contributed by atoms with Crippen LogP contribution in [0.15, 0.2) is 4.99 Å². The van der Waals surface area contributed by atoms with E-state index in [1.54, 1.807) is 0 Å². The van der Waals surface area contributed by atoms with Crippen LogP contribution in [0.2, 0.25) is 0 Å². The molecule has 102 valence electrons. The van der Waals surface area contributed by atoms with Crippen LogP contribution in [0.4, 0.5) is 0 Å². The number of hydrogen-bond acceptors (Lipinski definition) is 4. The molecular formula is C14H24N2OS. The molecule has 0 aromatic heterocycles. The molecule has 0 bridgehead atoms. The Kier molecular flexibility index (Phi) is 3.59. The molecule has 1 saturated heterocycles. The molecule has 18 heavy (non-hydrogen) atoms. The molecule has 0 aromatic carbocycles. The summed E-state index contributed by atoms with van der Waals surface area (Å²) in [6.45, 7) is 5.30. The second-order valence-corrected chi connectivity index (χ2v) is 7.17. The molecule has 4 heteroatoms. The molecular weight excluding hydrogens is 244 g/mol. The van der Waals surface area contributed by atoms with Crippen molar-refractivity contribution in [1.29, 1.82) is 0 Å². The first kappa shape index (κ1) is 12.8. The molecule has 3 rings (SSSR count). The fourth-order valence-electron chi connectivity index (χ4n) is 3.24. The van der Waals surface area contributed by atoms with Crippen LogP contribution in [0.25, 0.3) is 0 Å². The molecule has 0 radical (unpaired) electrons. The van der Waals surface area contributed by atoms with Gasteiger partial charge in [0.2, 0.25) is 0 Å². The standard InChI is InChI=1S/C14H24N2OS/c1-10-14(2,7-8-17-10)16-13-15-12-6-4-3-5-11(12)9-18-13/h10-12H,3-9H2,1-2H3,(H,15,16). The zero-order valence-electron chi connectivity index (χ0n) is 11.4. The quantitative estimate of drug-likeness (QED) is 0.794. The van der Waals surface area contributed by atoms with E-state index in [9.17, 15) is 0 Å². The smallest absolute Gasteiger partial charge is 0.157 e. The van der Waals surface area contributed by atoms with Gasteiger partial charge in [0.05, 0.1) is 17.7 Å². The van der Waals surface area contributed by atoms with E-state index in [1.165, 1.54) is 31.4 Å². The summed E-state index contributed by atoms with van der Waals surface area (Å²) < 4.78 is 5.69. The van der Waals surface area contributed by atoms with Gasteiger partial charge in [-0.1, -0.05) is 24.6 Å². The van der Waals surface area contributed by atoms with Gasteiger partial charge in [0.15, 0.2) is 5.17 Å². The largest absolute Gasteiger partial charge is 0.376 e. The fraction of sp³-hybridized carbons (Fsp3) is 0.929. The van der Waals surface area contributed by atoms with E-state index in [-0.39, 0.29) is 11.6 Å². The van der Waals surface area contributed by atoms with Gasteiger partial charge in [-0.2, -0.15) is 0 Å². The Hall–Kier alpha value is -0.220. The van der Waals surface area contributed by atoms with Crippen molar-refractivity contribution in [1.82, 2.24) is 5.32 Å². The van der Waals surface area contributed by atoms with Gasteiger partial charge in [-0.25, -0.2) is 0 Å². The van der Waals surface area contributed by atoms with Gasteiger partial charge in [0, 0.05) is 12.4 Å². The minimum absolute atomic E-state index is 0.0767. The molecule has 2 heterocycles. The first-order chi connectivity index (χ1) is 8.67. The molecule has 2 fully saturated rings. The third kappa shape index (κ3) is 2.42. The summed E-state index contributed by atoms with van der Waals surface area (Å²) in [5, 5.41) is 4.83. The number of thioether (sulfide) groups is 1. The van der Waals surface area contributed by atoms with Crippen molar-refractivity contribution < 1.29 is 4.74 Å². The van der Waals surface area contributed by atoms with Crippen LogP contribution in [0, 0.1) is 5.92 Å². The molecule has 4 atom stereocenters. The first-order valence-corrected chi connectivity index (χ1v) is 8.26. The summed E-state index contributed by atoms with van der Waals surface area (Å²) in [4.78, 5) is 4.96. The summed E-state index contributed by atoms with van der Waals surface area (Å²) in [6.07, 6.45) is 6.80. The molecule has 3 nitrogen and oxygen atoms in total. The van der Waals surface area contributed by atoms with E-state index in [1.807, 2.05) is 11.8 Å². The third-order valence-electron chi connectivity index (χ3n) is 4.87. The molecule has 0 spiro atoms. The van der Waals surface area contributed by atoms with Crippen LogP contribution in [0.3, 0.4) is 0 Å². The van der Waals surface area contributed by atoms with Gasteiger partial charge in [0.25, 0.3) is 0 Å². The van der Waals surface area contributed by atoms with Crippen molar-refractivity contribution in [3.63, 3.8) is 0 Å². The summed E-state index contributed by atoms with van der Waals surface area (Å²) >= 11 is 1.92. The highest BCUT2D eigenvalue weighted by Gasteiger charge is 2.39. The van der Waals surface area contributed by atoms with Gasteiger partial charge in [-0.3, -0.25) is 4.99 Å². The van der Waals surface area contributed by atoms with Crippen LogP contribution >= 0.6 is 11.8 Å². The first-order valence-electron chi connectivity index (χ1n) is 7.28. The Morgan fingerprint density at radius 1 is 1.39 bits per heavy atom. The van der Waals surface area contributed by atoms with Gasteiger partial charge in [-0.15, -0.1) is 0 Å². The fourth-order valence-corrected chi connectivity index (χ4v) is 4.51. The van der Waals surface area contributed by atoms with E-state index in [2.05, 4.69) is 19.2 Å². The minimum Gasteiger partial charge on any atom is -0.376 e. The van der Waals surface area contributed by atoms with Crippen LogP contribution < -0.4 is 5.32 Å². The maximum absolute atomic E-state index is 5.69. The molecule has 0 aromatic rings. The molecule has 4 unspecified atom stereocenters. The lowest BCUT2D eigenvalue weighted by atomic mass is 9.86. The van der Waals surface area contributed by atoms with Crippen molar-refractivity contribution in [3.8, 4) is 0 Å². The van der Waals surface area contributed by atoms with Crippen LogP contribution in [0.1, 0.15) is 46.0 Å². The number of fused-ring (bicyclic) bond motifs is 1. The summed E-state index contributed by atoms with van der Waals surface area (Å²) in [5.41, 5.74) is 0.0767. The van der Waals surface area contributed by atoms with E-state index >= 15 is 0 Å². The second-order valence-electron chi connectivity index (χ2n) is 6.16. The van der Waals surface area contributed by atoms with Crippen LogP contribution in [-0.2, 0) is 4.74 Å². The number of hydrogen-bond donors (Lipinski definition) is 1. The van der Waals surface area contributed by atoms with Gasteiger partial charge in [0.1, 0.15) is 0 Å². The molecule has 1 N–H and O–H groups in total. The molecule has 2 aliphatic heterocycles. The molecule has 1 aliphatic carbocycles. The molecule has 3 aliphatic rings. The average Bonchev–Trinajstić information content (AvgIpc) is 2.69. The van der Waals surface area contributed by atoms with Crippen LogP contribution in [0.5, 0.6) is 0 Å². The SMILES string of the molecule is CC1OCCC1(C)NC1=NC2CCCCC2CS1. The Labute approximate surface area is 114 Å². The number of nitrogens with one attached hydrogen (secondary N) is 1. The van der Waals surface area contributed by atoms with Crippen molar-refractivity contribution in [2.24, 2.45) is 10.9 Å². The predicted molar refractivity (Wildman–Crippen MR) is 77.2 cm³/mol. The van der Waals surface area contributed by atoms with Crippen molar-refractivity contribution in [3.05, 3.63) is 0 Å². The number of nitrogens with zero attached hydrogens (tertiary/aromatic N) is 1. The summed E-state index contributed by atoms with van der Waals surface area (Å²) in [7, 11) is 0. The van der Waals surface area contributed by atoms with Gasteiger partial charge in [-0.05, 0) is 39.0 Å². The topological polar surface area (TPSA) is 33.6 Å². The Bertz CT molecular complexity index is 347. The Morgan fingerprint density at radius 2 is 2.22 bits per heavy atom. The summed E-state index contributed by atoms with van der Waals surface area (Å²) in [6, 6.07) is 0.587. The van der Waals surface area contributed by atoms with Crippen molar-refractivity contribution >= 4 is 16.9 Å². The maximum atomic E-state index is 5.69. The Morgan fingerprint density at radius 3 is 3.00 bits per heavy atom. The molecule has 0 amide bonds. The maximum Gasteiger partial charge on any atom is 0.157 e. The number of ether oxygens (including phenoxy) is 1. The van der Waals surface area contributed by atoms with E-state index in [0.29, 0.717) is 6.04 Å². The highest BCUT2D eigenvalue weighted by Crippen LogP contribution is 2.35. The lowest BCUT2D eigenvalue weighted by molar-refractivity contribution is 0.0949. The minimum atomic E-state index is 0.0767. The van der Waals surface area contributed by atoms with E-state index in [0.717, 1.165) is 24.1 Å². The van der Waals surface area contributed by atoms with Crippen molar-refractivity contribution in [2.45, 2.75) is 63.6 Å². The predicted octanol–water partition coefficient (Wildman–Crippen LogP) is 2.81. The number of rotatable bonds is 1.